The minimum Gasteiger partial charge on any atom is -0.369 e. The molecule has 0 aliphatic carbocycles. The fourth-order valence-electron chi connectivity index (χ4n) is 2.22. The maximum Gasteiger partial charge on any atom is 0.205 e. The molecular weight excluding hydrogens is 236 g/mol. The summed E-state index contributed by atoms with van der Waals surface area (Å²) in [6, 6.07) is 15.5. The molecule has 3 rings (SSSR count). The topological polar surface area (TPSA) is 67.6 Å². The van der Waals surface area contributed by atoms with Crippen molar-refractivity contribution < 1.29 is 0 Å². The minimum atomic E-state index is 0.430. The number of fused-ring (bicyclic) bond motifs is 1. The van der Waals surface area contributed by atoms with E-state index < -0.39 is 0 Å². The number of nitrogens with two attached hydrogens (primary N) is 1. The normalized spacial score (nSPS) is 10.5. The molecule has 0 unspecified atom stereocenters. The van der Waals surface area contributed by atoms with E-state index in [1.807, 2.05) is 47.9 Å². The van der Waals surface area contributed by atoms with Gasteiger partial charge in [0.15, 0.2) is 0 Å². The molecule has 1 aromatic heterocycles. The zero-order valence-corrected chi connectivity index (χ0v) is 10.5. The van der Waals surface area contributed by atoms with E-state index >= 15 is 0 Å². The Morgan fingerprint density at radius 3 is 2.79 bits per heavy atom. The first-order valence-corrected chi connectivity index (χ1v) is 5.95. The lowest BCUT2D eigenvalue weighted by Gasteiger charge is -2.10. The zero-order valence-electron chi connectivity index (χ0n) is 10.5. The molecule has 2 aromatic carbocycles. The summed E-state index contributed by atoms with van der Waals surface area (Å²) in [5.74, 6) is 0.430. The van der Waals surface area contributed by atoms with Gasteiger partial charge in [0.2, 0.25) is 5.95 Å². The second-order valence-electron chi connectivity index (χ2n) is 4.41. The highest BCUT2D eigenvalue weighted by molar-refractivity contribution is 5.81. The van der Waals surface area contributed by atoms with E-state index in [9.17, 15) is 0 Å². The molecule has 0 radical (unpaired) electrons. The van der Waals surface area contributed by atoms with E-state index in [1.54, 1.807) is 6.07 Å². The maximum atomic E-state index is 9.03. The van der Waals surface area contributed by atoms with Crippen molar-refractivity contribution in [1.29, 1.82) is 5.26 Å². The molecule has 0 amide bonds. The Balaban J connectivity index is 2.36. The zero-order chi connectivity index (χ0) is 13.4. The molecule has 0 atom stereocenters. The van der Waals surface area contributed by atoms with E-state index in [0.29, 0.717) is 11.5 Å². The molecular formula is C15H12N4. The van der Waals surface area contributed by atoms with Crippen LogP contribution >= 0.6 is 0 Å². The Bertz CT molecular complexity index is 809. The average Bonchev–Trinajstić information content (AvgIpc) is 2.75. The Morgan fingerprint density at radius 2 is 2.00 bits per heavy atom. The molecule has 4 nitrogen and oxygen atoms in total. The summed E-state index contributed by atoms with van der Waals surface area (Å²) in [5.41, 5.74) is 10.4. The number of nitrogens with zero attached hydrogens (tertiary/aromatic N) is 3. The van der Waals surface area contributed by atoms with E-state index in [-0.39, 0.29) is 0 Å². The van der Waals surface area contributed by atoms with Crippen molar-refractivity contribution in [3.63, 3.8) is 0 Å². The lowest BCUT2D eigenvalue weighted by Crippen LogP contribution is -2.02. The molecule has 0 aliphatic rings. The number of anilines is 1. The van der Waals surface area contributed by atoms with Crippen LogP contribution in [0.5, 0.6) is 0 Å². The van der Waals surface area contributed by atoms with Crippen LogP contribution in [0.1, 0.15) is 11.1 Å². The molecule has 2 N–H and O–H groups in total. The minimum absolute atomic E-state index is 0.430. The summed E-state index contributed by atoms with van der Waals surface area (Å²) >= 11 is 0. The van der Waals surface area contributed by atoms with E-state index in [1.165, 1.54) is 0 Å². The third-order valence-corrected chi connectivity index (χ3v) is 3.17. The molecule has 0 saturated carbocycles. The van der Waals surface area contributed by atoms with Crippen molar-refractivity contribution in [3.8, 4) is 11.8 Å². The standard InChI is InChI=1S/C15H12N4/c1-10-6-7-11(9-16)8-14(10)19-13-5-3-2-4-12(13)18-15(19)17/h2-8H,1H3,(H2,17,18). The Labute approximate surface area is 110 Å². The molecule has 19 heavy (non-hydrogen) atoms. The molecule has 0 fully saturated rings. The van der Waals surface area contributed by atoms with Crippen LogP contribution in [0, 0.1) is 18.3 Å². The number of nitriles is 1. The summed E-state index contributed by atoms with van der Waals surface area (Å²) in [7, 11) is 0. The summed E-state index contributed by atoms with van der Waals surface area (Å²) in [4.78, 5) is 4.34. The Morgan fingerprint density at radius 1 is 1.21 bits per heavy atom. The number of nitrogen functional groups attached to an aromatic ring is 1. The number of hydrogen-bond acceptors (Lipinski definition) is 3. The van der Waals surface area contributed by atoms with Gasteiger partial charge in [-0.05, 0) is 36.8 Å². The fourth-order valence-corrected chi connectivity index (χ4v) is 2.22. The number of hydrogen-bond donors (Lipinski definition) is 1. The van der Waals surface area contributed by atoms with Gasteiger partial charge in [-0.2, -0.15) is 5.26 Å². The van der Waals surface area contributed by atoms with E-state index in [2.05, 4.69) is 11.1 Å². The van der Waals surface area contributed by atoms with Crippen LogP contribution in [-0.4, -0.2) is 9.55 Å². The van der Waals surface area contributed by atoms with Crippen LogP contribution in [0.15, 0.2) is 42.5 Å². The predicted octanol–water partition coefficient (Wildman–Crippen LogP) is 2.79. The van der Waals surface area contributed by atoms with Crippen LogP contribution in [0.2, 0.25) is 0 Å². The predicted molar refractivity (Wildman–Crippen MR) is 74.9 cm³/mol. The summed E-state index contributed by atoms with van der Waals surface area (Å²) < 4.78 is 1.88. The molecule has 3 aromatic rings. The third-order valence-electron chi connectivity index (χ3n) is 3.17. The van der Waals surface area contributed by atoms with Crippen molar-refractivity contribution in [1.82, 2.24) is 9.55 Å². The van der Waals surface area contributed by atoms with Gasteiger partial charge in [-0.1, -0.05) is 18.2 Å². The number of imidazole rings is 1. The van der Waals surface area contributed by atoms with Gasteiger partial charge in [0.1, 0.15) is 0 Å². The van der Waals surface area contributed by atoms with Crippen LogP contribution in [-0.2, 0) is 0 Å². The first-order valence-electron chi connectivity index (χ1n) is 5.95. The highest BCUT2D eigenvalue weighted by atomic mass is 15.2. The largest absolute Gasteiger partial charge is 0.369 e. The van der Waals surface area contributed by atoms with Gasteiger partial charge < -0.3 is 5.73 Å². The van der Waals surface area contributed by atoms with Crippen molar-refractivity contribution >= 4 is 17.0 Å². The highest BCUT2D eigenvalue weighted by Crippen LogP contribution is 2.25. The van der Waals surface area contributed by atoms with Crippen molar-refractivity contribution in [2.45, 2.75) is 6.92 Å². The highest BCUT2D eigenvalue weighted by Gasteiger charge is 2.11. The molecule has 0 aliphatic heterocycles. The first-order chi connectivity index (χ1) is 9.20. The van der Waals surface area contributed by atoms with Crippen molar-refractivity contribution in [2.75, 3.05) is 5.73 Å². The second-order valence-corrected chi connectivity index (χ2v) is 4.41. The van der Waals surface area contributed by atoms with E-state index in [4.69, 9.17) is 11.0 Å². The number of aromatic nitrogens is 2. The lowest BCUT2D eigenvalue weighted by molar-refractivity contribution is 1.09. The molecule has 92 valence electrons. The van der Waals surface area contributed by atoms with Crippen LogP contribution in [0.3, 0.4) is 0 Å². The summed E-state index contributed by atoms with van der Waals surface area (Å²) in [5, 5.41) is 9.03. The van der Waals surface area contributed by atoms with Gasteiger partial charge in [-0.25, -0.2) is 4.98 Å². The number of benzene rings is 2. The molecule has 1 heterocycles. The molecule has 0 spiro atoms. The second kappa shape index (κ2) is 4.14. The molecule has 0 saturated heterocycles. The van der Waals surface area contributed by atoms with Gasteiger partial charge in [0.05, 0.1) is 28.4 Å². The lowest BCUT2D eigenvalue weighted by atomic mass is 10.1. The van der Waals surface area contributed by atoms with Gasteiger partial charge in [0.25, 0.3) is 0 Å². The van der Waals surface area contributed by atoms with Gasteiger partial charge in [-0.15, -0.1) is 0 Å². The molecule has 0 bridgehead atoms. The number of rotatable bonds is 1. The van der Waals surface area contributed by atoms with Gasteiger partial charge >= 0.3 is 0 Å². The SMILES string of the molecule is Cc1ccc(C#N)cc1-n1c(N)nc2ccccc21. The summed E-state index contributed by atoms with van der Waals surface area (Å²) in [6.45, 7) is 1.99. The van der Waals surface area contributed by atoms with E-state index in [0.717, 1.165) is 22.3 Å². The maximum absolute atomic E-state index is 9.03. The van der Waals surface area contributed by atoms with Crippen molar-refractivity contribution in [2.24, 2.45) is 0 Å². The van der Waals surface area contributed by atoms with Crippen LogP contribution < -0.4 is 5.73 Å². The average molecular weight is 248 g/mol. The van der Waals surface area contributed by atoms with Crippen LogP contribution in [0.4, 0.5) is 5.95 Å². The van der Waals surface area contributed by atoms with Crippen LogP contribution in [0.25, 0.3) is 16.7 Å². The number of para-hydroxylation sites is 2. The quantitative estimate of drug-likeness (QED) is 0.720. The third kappa shape index (κ3) is 1.72. The summed E-state index contributed by atoms with van der Waals surface area (Å²) in [6.07, 6.45) is 0. The smallest absolute Gasteiger partial charge is 0.205 e. The molecule has 4 heteroatoms. The number of aryl methyl sites for hydroxylation is 1. The first kappa shape index (κ1) is 11.3. The Hall–Kier alpha value is -2.80. The van der Waals surface area contributed by atoms with Crippen molar-refractivity contribution in [3.05, 3.63) is 53.6 Å². The fraction of sp³-hybridized carbons (Fsp3) is 0.0667. The monoisotopic (exact) mass is 248 g/mol. The van der Waals surface area contributed by atoms with Gasteiger partial charge in [0, 0.05) is 0 Å². The van der Waals surface area contributed by atoms with Gasteiger partial charge in [-0.3, -0.25) is 4.57 Å². The Kier molecular flexibility index (Phi) is 2.46.